The van der Waals surface area contributed by atoms with Crippen LogP contribution in [0.5, 0.6) is 5.75 Å². The van der Waals surface area contributed by atoms with Crippen molar-refractivity contribution >= 4 is 5.97 Å². The minimum Gasteiger partial charge on any atom is -0.427 e. The highest BCUT2D eigenvalue weighted by Crippen LogP contribution is 2.14. The Hall–Kier alpha value is -1.31. The number of aryl methyl sites for hydroxylation is 1. The highest BCUT2D eigenvalue weighted by atomic mass is 16.5. The van der Waals surface area contributed by atoms with Crippen LogP contribution in [0.15, 0.2) is 24.3 Å². The van der Waals surface area contributed by atoms with Gasteiger partial charge >= 0.3 is 5.97 Å². The number of hydrogen-bond donors (Lipinski definition) is 0. The number of carbonyl (C=O) groups excluding carboxylic acids is 1. The van der Waals surface area contributed by atoms with E-state index in [9.17, 15) is 4.79 Å². The van der Waals surface area contributed by atoms with Crippen molar-refractivity contribution in [3.8, 4) is 5.75 Å². The number of rotatable bonds is 5. The normalized spacial score (nSPS) is 10.0. The molecular formula is C13H17O2. The van der Waals surface area contributed by atoms with Crippen molar-refractivity contribution in [2.45, 2.75) is 32.6 Å². The molecule has 1 radical (unpaired) electrons. The van der Waals surface area contributed by atoms with Crippen LogP contribution in [0.4, 0.5) is 0 Å². The van der Waals surface area contributed by atoms with E-state index < -0.39 is 5.97 Å². The van der Waals surface area contributed by atoms with Gasteiger partial charge in [-0.2, -0.15) is 0 Å². The Morgan fingerprint density at radius 1 is 1.27 bits per heavy atom. The van der Waals surface area contributed by atoms with Gasteiger partial charge in [0.2, 0.25) is 0 Å². The molecule has 0 unspecified atom stereocenters. The molecule has 0 aromatic heterocycles. The molecular weight excluding hydrogens is 188 g/mol. The number of hydrogen-bond acceptors (Lipinski definition) is 2. The Balaban J connectivity index is 2.45. The molecule has 15 heavy (non-hydrogen) atoms. The molecule has 0 saturated heterocycles. The van der Waals surface area contributed by atoms with Crippen molar-refractivity contribution in [1.29, 1.82) is 0 Å². The first-order valence-electron chi connectivity index (χ1n) is 5.35. The van der Waals surface area contributed by atoms with Gasteiger partial charge in [0.15, 0.2) is 0 Å². The largest absolute Gasteiger partial charge is 0.427 e. The molecule has 0 N–H and O–H groups in total. The van der Waals surface area contributed by atoms with Crippen LogP contribution in [0.25, 0.3) is 0 Å². The topological polar surface area (TPSA) is 26.3 Å². The van der Waals surface area contributed by atoms with Gasteiger partial charge < -0.3 is 4.74 Å². The third-order valence-electron chi connectivity index (χ3n) is 2.22. The minimum atomic E-state index is -0.520. The quantitative estimate of drug-likeness (QED) is 0.419. The summed E-state index contributed by atoms with van der Waals surface area (Å²) in [5.74, 6) is 0.0444. The summed E-state index contributed by atoms with van der Waals surface area (Å²) >= 11 is 0. The average Bonchev–Trinajstić information content (AvgIpc) is 2.20. The van der Waals surface area contributed by atoms with E-state index in [1.165, 1.54) is 24.8 Å². The van der Waals surface area contributed by atoms with E-state index in [0.29, 0.717) is 5.75 Å². The summed E-state index contributed by atoms with van der Waals surface area (Å²) in [5.41, 5.74) is 1.28. The second-order valence-electron chi connectivity index (χ2n) is 3.58. The molecule has 0 heterocycles. The molecule has 2 heteroatoms. The van der Waals surface area contributed by atoms with Crippen molar-refractivity contribution in [3.63, 3.8) is 0 Å². The zero-order valence-electron chi connectivity index (χ0n) is 9.16. The van der Waals surface area contributed by atoms with E-state index in [0.717, 1.165) is 6.42 Å². The third-order valence-corrected chi connectivity index (χ3v) is 2.22. The van der Waals surface area contributed by atoms with Gasteiger partial charge in [-0.15, -0.1) is 0 Å². The predicted molar refractivity (Wildman–Crippen MR) is 60.7 cm³/mol. The second-order valence-corrected chi connectivity index (χ2v) is 3.58. The summed E-state index contributed by atoms with van der Waals surface area (Å²) in [6.07, 6.45) is 4.80. The van der Waals surface area contributed by atoms with Crippen LogP contribution in [0.1, 0.15) is 31.7 Å². The maximum atomic E-state index is 10.6. The Morgan fingerprint density at radius 3 is 2.47 bits per heavy atom. The summed E-state index contributed by atoms with van der Waals surface area (Å²) in [6, 6.07) is 7.61. The molecule has 0 aliphatic heterocycles. The summed E-state index contributed by atoms with van der Waals surface area (Å²) in [7, 11) is 0. The molecule has 0 bridgehead atoms. The molecule has 0 aliphatic rings. The zero-order valence-corrected chi connectivity index (χ0v) is 9.16. The molecule has 1 aromatic rings. The molecule has 0 saturated carbocycles. The standard InChI is InChI=1S/C13H17O2/c1-3-4-5-6-12-7-9-13(10-8-12)15-11(2)14/h7-10H,2-6H2,1H3. The van der Waals surface area contributed by atoms with Crippen molar-refractivity contribution in [2.75, 3.05) is 0 Å². The van der Waals surface area contributed by atoms with Gasteiger partial charge in [-0.3, -0.25) is 4.79 Å². The fraction of sp³-hybridized carbons (Fsp3) is 0.385. The first-order chi connectivity index (χ1) is 7.22. The van der Waals surface area contributed by atoms with Crippen LogP contribution in [0.3, 0.4) is 0 Å². The van der Waals surface area contributed by atoms with E-state index in [2.05, 4.69) is 13.8 Å². The smallest absolute Gasteiger partial charge is 0.311 e. The maximum Gasteiger partial charge on any atom is 0.311 e. The van der Waals surface area contributed by atoms with Crippen LogP contribution < -0.4 is 4.74 Å². The van der Waals surface area contributed by atoms with E-state index in [-0.39, 0.29) is 0 Å². The Labute approximate surface area is 91.3 Å². The monoisotopic (exact) mass is 205 g/mol. The molecule has 1 aromatic carbocycles. The van der Waals surface area contributed by atoms with Crippen LogP contribution >= 0.6 is 0 Å². The first kappa shape index (κ1) is 11.8. The average molecular weight is 205 g/mol. The molecule has 0 spiro atoms. The Kier molecular flexibility index (Phi) is 4.88. The van der Waals surface area contributed by atoms with Crippen LogP contribution in [-0.2, 0) is 11.2 Å². The second kappa shape index (κ2) is 6.23. The van der Waals surface area contributed by atoms with E-state index in [1.54, 1.807) is 0 Å². The van der Waals surface area contributed by atoms with Gasteiger partial charge in [-0.05, 0) is 30.5 Å². The first-order valence-corrected chi connectivity index (χ1v) is 5.35. The number of ether oxygens (including phenoxy) is 1. The Bertz CT molecular complexity index is 301. The van der Waals surface area contributed by atoms with Crippen molar-refractivity contribution < 1.29 is 9.53 Å². The number of carbonyl (C=O) groups is 1. The number of unbranched alkanes of at least 4 members (excludes halogenated alkanes) is 2. The lowest BCUT2D eigenvalue weighted by Gasteiger charge is -2.03. The third kappa shape index (κ3) is 4.63. The summed E-state index contributed by atoms with van der Waals surface area (Å²) in [6.45, 7) is 5.35. The van der Waals surface area contributed by atoms with E-state index >= 15 is 0 Å². The van der Waals surface area contributed by atoms with Gasteiger partial charge in [-0.25, -0.2) is 0 Å². The summed E-state index contributed by atoms with van der Waals surface area (Å²) < 4.78 is 4.84. The van der Waals surface area contributed by atoms with Gasteiger partial charge in [0.1, 0.15) is 5.75 Å². The van der Waals surface area contributed by atoms with Crippen molar-refractivity contribution in [2.24, 2.45) is 0 Å². The van der Waals surface area contributed by atoms with Crippen LogP contribution in [0, 0.1) is 6.92 Å². The number of esters is 1. The highest BCUT2D eigenvalue weighted by Gasteiger charge is 1.98. The minimum absolute atomic E-state index is 0.520. The fourth-order valence-electron chi connectivity index (χ4n) is 1.43. The molecule has 0 fully saturated rings. The Morgan fingerprint density at radius 2 is 1.93 bits per heavy atom. The van der Waals surface area contributed by atoms with Gasteiger partial charge in [0.25, 0.3) is 0 Å². The van der Waals surface area contributed by atoms with Crippen molar-refractivity contribution in [3.05, 3.63) is 36.8 Å². The van der Waals surface area contributed by atoms with Gasteiger partial charge in [0, 0.05) is 0 Å². The van der Waals surface area contributed by atoms with Crippen molar-refractivity contribution in [1.82, 2.24) is 0 Å². The number of benzene rings is 1. The SMILES string of the molecule is [CH2]C(=O)Oc1ccc(CCCCC)cc1. The predicted octanol–water partition coefficient (Wildman–Crippen LogP) is 3.16. The van der Waals surface area contributed by atoms with Crippen LogP contribution in [0.2, 0.25) is 0 Å². The van der Waals surface area contributed by atoms with E-state index in [1.807, 2.05) is 24.3 Å². The molecule has 1 rings (SSSR count). The molecule has 0 aliphatic carbocycles. The molecule has 0 atom stereocenters. The summed E-state index contributed by atoms with van der Waals surface area (Å²) in [4.78, 5) is 10.6. The molecule has 2 nitrogen and oxygen atoms in total. The zero-order chi connectivity index (χ0) is 11.1. The highest BCUT2D eigenvalue weighted by molar-refractivity contribution is 5.76. The molecule has 81 valence electrons. The maximum absolute atomic E-state index is 10.6. The van der Waals surface area contributed by atoms with Gasteiger partial charge in [-0.1, -0.05) is 31.9 Å². The van der Waals surface area contributed by atoms with Crippen LogP contribution in [-0.4, -0.2) is 5.97 Å². The lowest BCUT2D eigenvalue weighted by molar-refractivity contribution is -0.129. The van der Waals surface area contributed by atoms with E-state index in [4.69, 9.17) is 4.74 Å². The molecule has 0 amide bonds. The van der Waals surface area contributed by atoms with Gasteiger partial charge in [0.05, 0.1) is 6.92 Å². The lowest BCUT2D eigenvalue weighted by atomic mass is 10.1. The summed E-state index contributed by atoms with van der Waals surface area (Å²) in [5, 5.41) is 0. The lowest BCUT2D eigenvalue weighted by Crippen LogP contribution is -2.01. The fourth-order valence-corrected chi connectivity index (χ4v) is 1.43.